The first-order valence-electron chi connectivity index (χ1n) is 9.96. The number of amides is 1. The van der Waals surface area contributed by atoms with Gasteiger partial charge in [0.1, 0.15) is 5.75 Å². The lowest BCUT2D eigenvalue weighted by atomic mass is 9.97. The van der Waals surface area contributed by atoms with E-state index in [0.717, 1.165) is 57.2 Å². The van der Waals surface area contributed by atoms with Crippen LogP contribution < -0.4 is 15.8 Å². The van der Waals surface area contributed by atoms with E-state index in [1.54, 1.807) is 6.07 Å². The third kappa shape index (κ3) is 4.18. The van der Waals surface area contributed by atoms with Crippen molar-refractivity contribution >= 4 is 23.2 Å². The van der Waals surface area contributed by atoms with Crippen LogP contribution in [0.2, 0.25) is 5.02 Å². The summed E-state index contributed by atoms with van der Waals surface area (Å²) in [6.45, 7) is 5.55. The molecule has 27 heavy (non-hydrogen) atoms. The van der Waals surface area contributed by atoms with E-state index < -0.39 is 0 Å². The smallest absolute Gasteiger partial charge is 0.255 e. The van der Waals surface area contributed by atoms with Crippen LogP contribution in [0.3, 0.4) is 0 Å². The fourth-order valence-electron chi connectivity index (χ4n) is 4.35. The monoisotopic (exact) mass is 393 g/mol. The third-order valence-corrected chi connectivity index (χ3v) is 6.31. The lowest BCUT2D eigenvalue weighted by Crippen LogP contribution is -2.46. The van der Waals surface area contributed by atoms with Gasteiger partial charge in [-0.25, -0.2) is 0 Å². The highest BCUT2D eigenvalue weighted by atomic mass is 35.5. The second kappa shape index (κ2) is 8.25. The number of benzene rings is 1. The largest absolute Gasteiger partial charge is 0.492 e. The highest BCUT2D eigenvalue weighted by Gasteiger charge is 2.28. The number of nitrogen functional groups attached to an aromatic ring is 1. The van der Waals surface area contributed by atoms with Crippen LogP contribution >= 0.6 is 11.6 Å². The predicted molar refractivity (Wildman–Crippen MR) is 106 cm³/mol. The minimum Gasteiger partial charge on any atom is -0.492 e. The number of carbonyl (C=O) groups excluding carboxylic acids is 1. The average Bonchev–Trinajstić information content (AvgIpc) is 3.17. The summed E-state index contributed by atoms with van der Waals surface area (Å²) in [5.74, 6) is 1.24. The third-order valence-electron chi connectivity index (χ3n) is 6.00. The zero-order chi connectivity index (χ0) is 18.8. The minimum atomic E-state index is -0.113. The number of rotatable bonds is 4. The first-order chi connectivity index (χ1) is 13.1. The predicted octanol–water partition coefficient (Wildman–Crippen LogP) is 2.48. The molecule has 0 unspecified atom stereocenters. The highest BCUT2D eigenvalue weighted by molar-refractivity contribution is 6.33. The van der Waals surface area contributed by atoms with Gasteiger partial charge in [0.25, 0.3) is 5.91 Å². The van der Waals surface area contributed by atoms with Crippen molar-refractivity contribution in [2.24, 2.45) is 5.92 Å². The molecule has 1 amide bonds. The molecule has 0 saturated carbocycles. The zero-order valence-electron chi connectivity index (χ0n) is 15.6. The number of carbonyl (C=O) groups is 1. The number of ether oxygens (including phenoxy) is 2. The molecular weight excluding hydrogens is 366 g/mol. The molecule has 7 heteroatoms. The maximum atomic E-state index is 12.8. The Hall–Kier alpha value is -1.50. The SMILES string of the molecule is Nc1c(Cl)cc(C(=O)NC2CCN(CC3CCOCC3)CC2)c2c1CCO2. The van der Waals surface area contributed by atoms with Crippen LogP contribution in [0.15, 0.2) is 6.07 Å². The Balaban J connectivity index is 1.32. The Kier molecular flexibility index (Phi) is 5.76. The molecule has 4 rings (SSSR count). The van der Waals surface area contributed by atoms with Crippen LogP contribution in [0.1, 0.15) is 41.6 Å². The quantitative estimate of drug-likeness (QED) is 0.768. The summed E-state index contributed by atoms with van der Waals surface area (Å²) < 4.78 is 11.1. The molecular formula is C20H28ClN3O3. The standard InChI is InChI=1S/C20H28ClN3O3/c21-17-11-16(19-15(18(17)22)5-10-27-19)20(25)23-14-1-6-24(7-2-14)12-13-3-8-26-9-4-13/h11,13-14H,1-10,12,22H2,(H,23,25). The van der Waals surface area contributed by atoms with E-state index in [9.17, 15) is 4.79 Å². The maximum Gasteiger partial charge on any atom is 0.255 e. The number of halogens is 1. The zero-order valence-corrected chi connectivity index (χ0v) is 16.4. The number of fused-ring (bicyclic) bond motifs is 1. The van der Waals surface area contributed by atoms with E-state index in [4.69, 9.17) is 26.8 Å². The van der Waals surface area contributed by atoms with Crippen molar-refractivity contribution in [2.45, 2.75) is 38.1 Å². The number of hydrogen-bond acceptors (Lipinski definition) is 5. The van der Waals surface area contributed by atoms with Gasteiger partial charge in [0.2, 0.25) is 0 Å². The van der Waals surface area contributed by atoms with Crippen molar-refractivity contribution in [1.82, 2.24) is 10.2 Å². The Bertz CT molecular complexity index is 698. The van der Waals surface area contributed by atoms with Crippen LogP contribution in [0.25, 0.3) is 0 Å². The average molecular weight is 394 g/mol. The molecule has 0 bridgehead atoms. The molecule has 0 radical (unpaired) electrons. The van der Waals surface area contributed by atoms with Gasteiger partial charge in [0, 0.05) is 50.9 Å². The van der Waals surface area contributed by atoms with Crippen molar-refractivity contribution in [3.8, 4) is 5.75 Å². The molecule has 0 atom stereocenters. The van der Waals surface area contributed by atoms with Gasteiger partial charge in [0.05, 0.1) is 22.9 Å². The Labute approximate surface area is 165 Å². The van der Waals surface area contributed by atoms with Crippen molar-refractivity contribution < 1.29 is 14.3 Å². The summed E-state index contributed by atoms with van der Waals surface area (Å²) in [7, 11) is 0. The molecule has 0 spiro atoms. The number of nitrogens with one attached hydrogen (secondary N) is 1. The maximum absolute atomic E-state index is 12.8. The van der Waals surface area contributed by atoms with Gasteiger partial charge in [-0.3, -0.25) is 4.79 Å². The van der Waals surface area contributed by atoms with Crippen molar-refractivity contribution in [3.63, 3.8) is 0 Å². The van der Waals surface area contributed by atoms with Crippen LogP contribution in [0.4, 0.5) is 5.69 Å². The molecule has 0 aromatic heterocycles. The molecule has 1 aromatic rings. The van der Waals surface area contributed by atoms with E-state index in [-0.39, 0.29) is 11.9 Å². The van der Waals surface area contributed by atoms with Crippen LogP contribution in [-0.4, -0.2) is 56.3 Å². The second-order valence-corrected chi connectivity index (χ2v) is 8.24. The van der Waals surface area contributed by atoms with Gasteiger partial charge in [-0.1, -0.05) is 11.6 Å². The molecule has 3 aliphatic rings. The molecule has 6 nitrogen and oxygen atoms in total. The van der Waals surface area contributed by atoms with Crippen LogP contribution in [-0.2, 0) is 11.2 Å². The summed E-state index contributed by atoms with van der Waals surface area (Å²) in [4.78, 5) is 15.3. The summed E-state index contributed by atoms with van der Waals surface area (Å²) in [5.41, 5.74) is 7.92. The first kappa shape index (κ1) is 18.8. The Morgan fingerprint density at radius 1 is 1.22 bits per heavy atom. The van der Waals surface area contributed by atoms with Crippen LogP contribution in [0, 0.1) is 5.92 Å². The lowest BCUT2D eigenvalue weighted by molar-refractivity contribution is 0.0477. The number of nitrogens with two attached hydrogens (primary N) is 1. The molecule has 2 saturated heterocycles. The highest BCUT2D eigenvalue weighted by Crippen LogP contribution is 2.38. The van der Waals surface area contributed by atoms with Crippen molar-refractivity contribution in [2.75, 3.05) is 45.2 Å². The van der Waals surface area contributed by atoms with E-state index in [0.29, 0.717) is 35.1 Å². The van der Waals surface area contributed by atoms with Crippen LogP contribution in [0.5, 0.6) is 5.75 Å². The summed E-state index contributed by atoms with van der Waals surface area (Å²) in [5, 5.41) is 3.60. The van der Waals surface area contributed by atoms with E-state index >= 15 is 0 Å². The van der Waals surface area contributed by atoms with Gasteiger partial charge in [0.15, 0.2) is 0 Å². The summed E-state index contributed by atoms with van der Waals surface area (Å²) in [6, 6.07) is 1.83. The van der Waals surface area contributed by atoms with Gasteiger partial charge in [-0.2, -0.15) is 0 Å². The molecule has 2 fully saturated rings. The number of likely N-dealkylation sites (tertiary alicyclic amines) is 1. The molecule has 148 valence electrons. The molecule has 3 N–H and O–H groups in total. The van der Waals surface area contributed by atoms with E-state index in [1.165, 1.54) is 12.8 Å². The second-order valence-electron chi connectivity index (χ2n) is 7.83. The number of anilines is 1. The van der Waals surface area contributed by atoms with Crippen molar-refractivity contribution in [1.29, 1.82) is 0 Å². The summed E-state index contributed by atoms with van der Waals surface area (Å²) >= 11 is 6.22. The van der Waals surface area contributed by atoms with Gasteiger partial charge in [-0.05, 0) is 37.7 Å². The number of hydrogen-bond donors (Lipinski definition) is 2. The van der Waals surface area contributed by atoms with Crippen molar-refractivity contribution in [3.05, 3.63) is 22.2 Å². The fourth-order valence-corrected chi connectivity index (χ4v) is 4.58. The van der Waals surface area contributed by atoms with Gasteiger partial charge in [-0.15, -0.1) is 0 Å². The first-order valence-corrected chi connectivity index (χ1v) is 10.3. The topological polar surface area (TPSA) is 76.8 Å². The van der Waals surface area contributed by atoms with E-state index in [2.05, 4.69) is 10.2 Å². The molecule has 3 aliphatic heterocycles. The van der Waals surface area contributed by atoms with Gasteiger partial charge >= 0.3 is 0 Å². The minimum absolute atomic E-state index is 0.113. The Morgan fingerprint density at radius 2 is 1.96 bits per heavy atom. The Morgan fingerprint density at radius 3 is 2.70 bits per heavy atom. The molecule has 1 aromatic carbocycles. The van der Waals surface area contributed by atoms with E-state index in [1.807, 2.05) is 0 Å². The molecule has 3 heterocycles. The molecule has 0 aliphatic carbocycles. The summed E-state index contributed by atoms with van der Waals surface area (Å²) in [6.07, 6.45) is 4.98. The number of nitrogens with zero attached hydrogens (tertiary/aromatic N) is 1. The fraction of sp³-hybridized carbons (Fsp3) is 0.650. The normalized spacial score (nSPS) is 21.7. The lowest BCUT2D eigenvalue weighted by Gasteiger charge is -2.35. The number of piperidine rings is 1. The van der Waals surface area contributed by atoms with Gasteiger partial charge < -0.3 is 25.4 Å².